The van der Waals surface area contributed by atoms with Gasteiger partial charge < -0.3 is 28.4 Å². The molecule has 0 fully saturated rings. The lowest BCUT2D eigenvalue weighted by atomic mass is 10.2. The van der Waals surface area contributed by atoms with Crippen LogP contribution in [0.15, 0.2) is 12.2 Å². The average Bonchev–Trinajstić information content (AvgIpc) is 2.76. The van der Waals surface area contributed by atoms with Crippen molar-refractivity contribution >= 4 is 51.4 Å². The minimum absolute atomic E-state index is 0.239. The van der Waals surface area contributed by atoms with E-state index in [0.717, 1.165) is 13.8 Å². The molecule has 0 atom stereocenters. The Morgan fingerprint density at radius 3 is 1.23 bits per heavy atom. The molecular formula is C22H35BrO12. The molecule has 0 amide bonds. The standard InChI is InChI=1S/C8H10O6.C7H13BrO3.C7H12O3/c1-5(9)7(11)13-3-4-14-8(12)6(2)10;1-7(2,8)6(9)11-5-4-10-3;1-6(2)7(8)10-5-4-9-3/h3-4H2,1-2H3;4-5H2,1-3H3;1,4-5H2,2-3H3. The number of Topliss-reactive ketones (excluding diaryl/α,β-unsaturated/α-hetero) is 2. The van der Waals surface area contributed by atoms with Crippen molar-refractivity contribution in [3.8, 4) is 0 Å². The summed E-state index contributed by atoms with van der Waals surface area (Å²) in [4.78, 5) is 63.4. The van der Waals surface area contributed by atoms with Crippen LogP contribution in [-0.2, 0) is 57.2 Å². The first-order valence-electron chi connectivity index (χ1n) is 10.1. The van der Waals surface area contributed by atoms with Crippen molar-refractivity contribution in [1.82, 2.24) is 0 Å². The maximum absolute atomic E-state index is 11.0. The highest BCUT2D eigenvalue weighted by Crippen LogP contribution is 2.17. The van der Waals surface area contributed by atoms with E-state index in [4.69, 9.17) is 9.47 Å². The van der Waals surface area contributed by atoms with Gasteiger partial charge in [0.05, 0.1) is 13.2 Å². The Morgan fingerprint density at radius 1 is 0.629 bits per heavy atom. The van der Waals surface area contributed by atoms with Gasteiger partial charge in [-0.25, -0.2) is 14.4 Å². The molecule has 0 aliphatic rings. The van der Waals surface area contributed by atoms with E-state index >= 15 is 0 Å². The van der Waals surface area contributed by atoms with E-state index < -0.39 is 27.8 Å². The smallest absolute Gasteiger partial charge is 0.374 e. The van der Waals surface area contributed by atoms with E-state index in [1.54, 1.807) is 35.0 Å². The highest BCUT2D eigenvalue weighted by molar-refractivity contribution is 9.10. The number of hydrogen-bond acceptors (Lipinski definition) is 12. The van der Waals surface area contributed by atoms with Crippen molar-refractivity contribution in [2.24, 2.45) is 0 Å². The van der Waals surface area contributed by atoms with Crippen LogP contribution < -0.4 is 0 Å². The van der Waals surface area contributed by atoms with Gasteiger partial charge in [-0.05, 0) is 20.8 Å². The number of carbonyl (C=O) groups excluding carboxylic acids is 6. The summed E-state index contributed by atoms with van der Waals surface area (Å²) in [6.07, 6.45) is 0. The van der Waals surface area contributed by atoms with E-state index in [1.807, 2.05) is 0 Å². The van der Waals surface area contributed by atoms with Crippen LogP contribution in [0.1, 0.15) is 34.6 Å². The molecule has 0 heterocycles. The van der Waals surface area contributed by atoms with Crippen LogP contribution in [0.4, 0.5) is 0 Å². The molecule has 0 saturated heterocycles. The minimum Gasteiger partial charge on any atom is -0.462 e. The molecule has 13 heteroatoms. The molecule has 0 unspecified atom stereocenters. The summed E-state index contributed by atoms with van der Waals surface area (Å²) in [7, 11) is 3.11. The lowest BCUT2D eigenvalue weighted by Crippen LogP contribution is -2.27. The molecule has 0 saturated carbocycles. The second-order valence-corrected chi connectivity index (χ2v) is 8.88. The van der Waals surface area contributed by atoms with Crippen molar-refractivity contribution in [2.45, 2.75) is 38.9 Å². The van der Waals surface area contributed by atoms with E-state index in [2.05, 4.69) is 41.5 Å². The number of ketones is 2. The molecule has 0 aromatic rings. The molecule has 0 aromatic heterocycles. The summed E-state index contributed by atoms with van der Waals surface area (Å²) in [6, 6.07) is 0. The Balaban J connectivity index is -0.000000447. The normalized spacial score (nSPS) is 9.71. The summed E-state index contributed by atoms with van der Waals surface area (Å²) >= 11 is 3.18. The van der Waals surface area contributed by atoms with Gasteiger partial charge in [-0.15, -0.1) is 0 Å². The fourth-order valence-corrected chi connectivity index (χ4v) is 1.32. The lowest BCUT2D eigenvalue weighted by Gasteiger charge is -2.14. The summed E-state index contributed by atoms with van der Waals surface area (Å²) in [5.74, 6) is -4.09. The third-order valence-corrected chi connectivity index (χ3v) is 3.32. The Morgan fingerprint density at radius 2 is 0.943 bits per heavy atom. The SMILES string of the molecule is C=C(C)C(=O)OCCOC.CC(=O)C(=O)OCCOC(=O)C(C)=O.COCCOC(=O)C(C)(C)Br. The summed E-state index contributed by atoms with van der Waals surface area (Å²) < 4.78 is 27.0. The number of hydrogen-bond donors (Lipinski definition) is 0. The van der Waals surface area contributed by atoms with Crippen LogP contribution in [0.5, 0.6) is 0 Å². The molecule has 0 aliphatic heterocycles. The molecule has 0 spiro atoms. The predicted molar refractivity (Wildman–Crippen MR) is 127 cm³/mol. The van der Waals surface area contributed by atoms with Crippen LogP contribution in [-0.4, -0.2) is 93.6 Å². The van der Waals surface area contributed by atoms with Crippen LogP contribution in [0.25, 0.3) is 0 Å². The maximum atomic E-state index is 11.0. The fraction of sp³-hybridized carbons (Fsp3) is 0.636. The number of esters is 4. The van der Waals surface area contributed by atoms with Gasteiger partial charge in [0.15, 0.2) is 0 Å². The molecule has 12 nitrogen and oxygen atoms in total. The molecular weight excluding hydrogens is 536 g/mol. The van der Waals surface area contributed by atoms with Gasteiger partial charge in [-0.2, -0.15) is 0 Å². The number of methoxy groups -OCH3 is 2. The van der Waals surface area contributed by atoms with Gasteiger partial charge in [0, 0.05) is 33.6 Å². The van der Waals surface area contributed by atoms with Crippen molar-refractivity contribution in [2.75, 3.05) is 53.9 Å². The third kappa shape index (κ3) is 25.8. The second kappa shape index (κ2) is 21.9. The largest absolute Gasteiger partial charge is 0.462 e. The Labute approximate surface area is 213 Å². The van der Waals surface area contributed by atoms with Gasteiger partial charge in [-0.3, -0.25) is 14.4 Å². The van der Waals surface area contributed by atoms with E-state index in [9.17, 15) is 28.8 Å². The maximum Gasteiger partial charge on any atom is 0.374 e. The first-order chi connectivity index (χ1) is 16.1. The zero-order chi connectivity index (χ0) is 28.0. The molecule has 0 aromatic carbocycles. The van der Waals surface area contributed by atoms with Gasteiger partial charge >= 0.3 is 23.9 Å². The van der Waals surface area contributed by atoms with Crippen molar-refractivity contribution in [1.29, 1.82) is 0 Å². The van der Waals surface area contributed by atoms with Gasteiger partial charge in [0.2, 0.25) is 11.6 Å². The van der Waals surface area contributed by atoms with Crippen LogP contribution in [0.3, 0.4) is 0 Å². The number of ether oxygens (including phenoxy) is 6. The molecule has 202 valence electrons. The summed E-state index contributed by atoms with van der Waals surface area (Å²) in [5.41, 5.74) is 0.413. The Bertz CT molecular complexity index is 682. The topological polar surface area (TPSA) is 158 Å². The van der Waals surface area contributed by atoms with E-state index in [0.29, 0.717) is 32.0 Å². The average molecular weight is 571 g/mol. The third-order valence-electron chi connectivity index (χ3n) is 3.00. The first kappa shape index (κ1) is 36.9. The van der Waals surface area contributed by atoms with Crippen molar-refractivity contribution in [3.05, 3.63) is 12.2 Å². The first-order valence-corrected chi connectivity index (χ1v) is 10.9. The van der Waals surface area contributed by atoms with E-state index in [-0.39, 0.29) is 25.2 Å². The molecule has 0 N–H and O–H groups in total. The lowest BCUT2D eigenvalue weighted by molar-refractivity contribution is -0.159. The second-order valence-electron chi connectivity index (χ2n) is 6.89. The molecule has 0 aliphatic carbocycles. The zero-order valence-corrected chi connectivity index (χ0v) is 22.8. The van der Waals surface area contributed by atoms with Crippen LogP contribution in [0.2, 0.25) is 0 Å². The molecule has 0 rings (SSSR count). The monoisotopic (exact) mass is 570 g/mol. The number of halogens is 1. The summed E-state index contributed by atoms with van der Waals surface area (Å²) in [5, 5.41) is 0. The van der Waals surface area contributed by atoms with Gasteiger partial charge in [0.25, 0.3) is 0 Å². The Hall–Kier alpha value is -2.64. The van der Waals surface area contributed by atoms with Crippen LogP contribution in [0, 0.1) is 0 Å². The number of rotatable bonds is 13. The number of alkyl halides is 1. The summed E-state index contributed by atoms with van der Waals surface area (Å²) in [6.45, 7) is 11.6. The molecule has 35 heavy (non-hydrogen) atoms. The zero-order valence-electron chi connectivity index (χ0n) is 21.2. The minimum atomic E-state index is -0.996. The fourth-order valence-electron chi connectivity index (χ4n) is 1.20. The predicted octanol–water partition coefficient (Wildman–Crippen LogP) is 1.35. The highest BCUT2D eigenvalue weighted by atomic mass is 79.9. The van der Waals surface area contributed by atoms with E-state index in [1.165, 1.54) is 0 Å². The molecule has 0 radical (unpaired) electrons. The number of carbonyl (C=O) groups is 6. The molecule has 0 bridgehead atoms. The highest BCUT2D eigenvalue weighted by Gasteiger charge is 2.24. The van der Waals surface area contributed by atoms with Gasteiger partial charge in [0.1, 0.15) is 30.8 Å². The van der Waals surface area contributed by atoms with Crippen LogP contribution >= 0.6 is 15.9 Å². The quantitative estimate of drug-likeness (QED) is 0.0782. The van der Waals surface area contributed by atoms with Crippen molar-refractivity contribution in [3.63, 3.8) is 0 Å². The van der Waals surface area contributed by atoms with Gasteiger partial charge in [-0.1, -0.05) is 22.5 Å². The van der Waals surface area contributed by atoms with Crippen molar-refractivity contribution < 1.29 is 57.2 Å². The Kier molecular flexibility index (Phi) is 23.1.